The van der Waals surface area contributed by atoms with Gasteiger partial charge in [-0.2, -0.15) is 0 Å². The Labute approximate surface area is 175 Å². The summed E-state index contributed by atoms with van der Waals surface area (Å²) in [5.41, 5.74) is 0. The lowest BCUT2D eigenvalue weighted by atomic mass is 10.2. The fourth-order valence-corrected chi connectivity index (χ4v) is 3.12. The van der Waals surface area contributed by atoms with Crippen LogP contribution in [0.2, 0.25) is 0 Å². The van der Waals surface area contributed by atoms with Crippen molar-refractivity contribution < 1.29 is 28.9 Å². The minimum Gasteiger partial charge on any atom is -0.508 e. The van der Waals surface area contributed by atoms with Gasteiger partial charge in [0.25, 0.3) is 5.91 Å². The van der Waals surface area contributed by atoms with Gasteiger partial charge in [-0.05, 0) is 24.3 Å². The molecule has 8 heteroatoms. The van der Waals surface area contributed by atoms with E-state index in [9.17, 15) is 14.7 Å². The summed E-state index contributed by atoms with van der Waals surface area (Å²) in [7, 11) is 1.59. The number of hydrogen-bond acceptors (Lipinski definition) is 6. The quantitative estimate of drug-likeness (QED) is 0.710. The van der Waals surface area contributed by atoms with Gasteiger partial charge in [0.1, 0.15) is 23.0 Å². The molecular weight excluding hydrogens is 388 g/mol. The van der Waals surface area contributed by atoms with Crippen LogP contribution in [-0.2, 0) is 9.59 Å². The first-order chi connectivity index (χ1) is 14.5. The molecule has 30 heavy (non-hydrogen) atoms. The number of carbonyl (C=O) groups is 2. The number of benzene rings is 2. The van der Waals surface area contributed by atoms with E-state index in [1.54, 1.807) is 35.1 Å². The number of piperazine rings is 1. The van der Waals surface area contributed by atoms with Gasteiger partial charge in [-0.25, -0.2) is 0 Å². The Balaban J connectivity index is 1.36. The normalized spacial score (nSPS) is 13.6. The van der Waals surface area contributed by atoms with Crippen LogP contribution in [0.15, 0.2) is 48.5 Å². The first-order valence-electron chi connectivity index (χ1n) is 9.79. The molecule has 1 heterocycles. The van der Waals surface area contributed by atoms with Gasteiger partial charge < -0.3 is 29.1 Å². The van der Waals surface area contributed by atoms with E-state index >= 15 is 0 Å². The molecule has 0 atom stereocenters. The van der Waals surface area contributed by atoms with Crippen molar-refractivity contribution in [3.63, 3.8) is 0 Å². The number of amides is 2. The molecule has 1 aliphatic heterocycles. The number of phenols is 1. The van der Waals surface area contributed by atoms with Crippen LogP contribution in [0.5, 0.6) is 23.0 Å². The van der Waals surface area contributed by atoms with E-state index in [1.807, 2.05) is 18.2 Å². The van der Waals surface area contributed by atoms with Gasteiger partial charge in [0, 0.05) is 38.3 Å². The monoisotopic (exact) mass is 414 g/mol. The third kappa shape index (κ3) is 6.04. The van der Waals surface area contributed by atoms with Crippen molar-refractivity contribution in [3.05, 3.63) is 48.5 Å². The van der Waals surface area contributed by atoms with Gasteiger partial charge in [-0.3, -0.25) is 9.59 Å². The number of nitrogens with zero attached hydrogens (tertiary/aromatic N) is 2. The molecule has 0 radical (unpaired) electrons. The number of ether oxygens (including phenoxy) is 3. The Morgan fingerprint density at radius 3 is 2.13 bits per heavy atom. The van der Waals surface area contributed by atoms with Gasteiger partial charge in [-0.1, -0.05) is 12.1 Å². The van der Waals surface area contributed by atoms with E-state index in [1.165, 1.54) is 12.1 Å². The molecule has 0 saturated carbocycles. The SMILES string of the molecule is COc1cccc(OCCC(=O)N2CCN(C(=O)COc3cccc(O)c3)CC2)c1. The second-order valence-corrected chi connectivity index (χ2v) is 6.83. The largest absolute Gasteiger partial charge is 0.508 e. The molecule has 2 aromatic carbocycles. The Hall–Kier alpha value is -3.42. The first-order valence-corrected chi connectivity index (χ1v) is 9.79. The number of rotatable bonds is 8. The molecule has 2 aromatic rings. The zero-order chi connectivity index (χ0) is 21.3. The summed E-state index contributed by atoms with van der Waals surface area (Å²) in [5.74, 6) is 1.74. The number of methoxy groups -OCH3 is 1. The van der Waals surface area contributed by atoms with Crippen LogP contribution in [0.1, 0.15) is 6.42 Å². The first kappa shape index (κ1) is 21.3. The molecular formula is C22H26N2O6. The van der Waals surface area contributed by atoms with Crippen LogP contribution < -0.4 is 14.2 Å². The Bertz CT molecular complexity index is 864. The van der Waals surface area contributed by atoms with E-state index in [2.05, 4.69) is 0 Å². The Morgan fingerprint density at radius 1 is 0.867 bits per heavy atom. The lowest BCUT2D eigenvalue weighted by Crippen LogP contribution is -2.51. The van der Waals surface area contributed by atoms with Gasteiger partial charge in [-0.15, -0.1) is 0 Å². The van der Waals surface area contributed by atoms with E-state index in [0.717, 1.165) is 0 Å². The number of phenolic OH excluding ortho intramolecular Hbond substituents is 1. The molecule has 8 nitrogen and oxygen atoms in total. The summed E-state index contributed by atoms with van der Waals surface area (Å²) in [5, 5.41) is 9.43. The molecule has 1 N–H and O–H groups in total. The fourth-order valence-electron chi connectivity index (χ4n) is 3.12. The number of carbonyl (C=O) groups excluding carboxylic acids is 2. The Kier molecular flexibility index (Phi) is 7.37. The van der Waals surface area contributed by atoms with Gasteiger partial charge in [0.15, 0.2) is 6.61 Å². The van der Waals surface area contributed by atoms with Crippen LogP contribution in [0.25, 0.3) is 0 Å². The molecule has 2 amide bonds. The predicted octanol–water partition coefficient (Wildman–Crippen LogP) is 1.92. The molecule has 0 aliphatic carbocycles. The molecule has 0 aromatic heterocycles. The predicted molar refractivity (Wildman–Crippen MR) is 110 cm³/mol. The molecule has 1 aliphatic rings. The highest BCUT2D eigenvalue weighted by atomic mass is 16.5. The zero-order valence-electron chi connectivity index (χ0n) is 17.0. The summed E-state index contributed by atoms with van der Waals surface area (Å²) in [4.78, 5) is 28.1. The van der Waals surface area contributed by atoms with Crippen LogP contribution >= 0.6 is 0 Å². The molecule has 1 fully saturated rings. The molecule has 160 valence electrons. The van der Waals surface area contributed by atoms with Crippen LogP contribution in [0.4, 0.5) is 0 Å². The van der Waals surface area contributed by atoms with Crippen LogP contribution in [-0.4, -0.2) is 73.2 Å². The average Bonchev–Trinajstić information content (AvgIpc) is 2.77. The molecule has 1 saturated heterocycles. The number of hydrogen-bond donors (Lipinski definition) is 1. The second kappa shape index (κ2) is 10.4. The van der Waals surface area contributed by atoms with Crippen molar-refractivity contribution >= 4 is 11.8 Å². The van der Waals surface area contributed by atoms with Crippen molar-refractivity contribution in [2.45, 2.75) is 6.42 Å². The zero-order valence-corrected chi connectivity index (χ0v) is 17.0. The molecule has 0 unspecified atom stereocenters. The third-order valence-electron chi connectivity index (χ3n) is 4.79. The minimum atomic E-state index is -0.146. The van der Waals surface area contributed by atoms with E-state index in [-0.39, 0.29) is 37.2 Å². The lowest BCUT2D eigenvalue weighted by molar-refractivity contribution is -0.141. The molecule has 0 spiro atoms. The van der Waals surface area contributed by atoms with Crippen LogP contribution in [0.3, 0.4) is 0 Å². The van der Waals surface area contributed by atoms with E-state index in [0.29, 0.717) is 43.4 Å². The van der Waals surface area contributed by atoms with E-state index in [4.69, 9.17) is 14.2 Å². The minimum absolute atomic E-state index is 0.000931. The number of aromatic hydroxyl groups is 1. The molecule has 0 bridgehead atoms. The van der Waals surface area contributed by atoms with Gasteiger partial charge >= 0.3 is 0 Å². The van der Waals surface area contributed by atoms with Crippen molar-refractivity contribution in [2.75, 3.05) is 46.5 Å². The van der Waals surface area contributed by atoms with Crippen LogP contribution in [0, 0.1) is 0 Å². The highest BCUT2D eigenvalue weighted by Crippen LogP contribution is 2.19. The smallest absolute Gasteiger partial charge is 0.260 e. The summed E-state index contributed by atoms with van der Waals surface area (Å²) < 4.78 is 16.2. The summed E-state index contributed by atoms with van der Waals surface area (Å²) >= 11 is 0. The van der Waals surface area contributed by atoms with E-state index < -0.39 is 0 Å². The fraction of sp³-hybridized carbons (Fsp3) is 0.364. The van der Waals surface area contributed by atoms with Gasteiger partial charge in [0.2, 0.25) is 5.91 Å². The maximum atomic E-state index is 12.4. The maximum Gasteiger partial charge on any atom is 0.260 e. The lowest BCUT2D eigenvalue weighted by Gasteiger charge is -2.34. The summed E-state index contributed by atoms with van der Waals surface area (Å²) in [6.07, 6.45) is 0.270. The third-order valence-corrected chi connectivity index (χ3v) is 4.79. The summed E-state index contributed by atoms with van der Waals surface area (Å²) in [6, 6.07) is 13.6. The second-order valence-electron chi connectivity index (χ2n) is 6.83. The highest BCUT2D eigenvalue weighted by Gasteiger charge is 2.24. The highest BCUT2D eigenvalue weighted by molar-refractivity contribution is 5.79. The van der Waals surface area contributed by atoms with Crippen molar-refractivity contribution in [1.82, 2.24) is 9.80 Å². The Morgan fingerprint density at radius 2 is 1.47 bits per heavy atom. The van der Waals surface area contributed by atoms with Crippen molar-refractivity contribution in [1.29, 1.82) is 0 Å². The topological polar surface area (TPSA) is 88.5 Å². The molecule has 3 rings (SSSR count). The van der Waals surface area contributed by atoms with Crippen molar-refractivity contribution in [3.8, 4) is 23.0 Å². The van der Waals surface area contributed by atoms with Gasteiger partial charge in [0.05, 0.1) is 20.1 Å². The standard InChI is InChI=1S/C22H26N2O6/c1-28-18-5-3-7-20(15-18)29-13-8-21(26)23-9-11-24(12-10-23)22(27)16-30-19-6-2-4-17(25)14-19/h2-7,14-15,25H,8-13,16H2,1H3. The average molecular weight is 414 g/mol. The summed E-state index contributed by atoms with van der Waals surface area (Å²) in [6.45, 7) is 2.07. The maximum absolute atomic E-state index is 12.4. The van der Waals surface area contributed by atoms with Crippen molar-refractivity contribution in [2.24, 2.45) is 0 Å².